The maximum absolute atomic E-state index is 13.5. The van der Waals surface area contributed by atoms with Crippen LogP contribution in [0.5, 0.6) is 0 Å². The molecule has 0 bridgehead atoms. The fourth-order valence-electron chi connectivity index (χ4n) is 3.62. The number of aromatic nitrogens is 3. The van der Waals surface area contributed by atoms with Crippen molar-refractivity contribution >= 4 is 23.3 Å². The maximum atomic E-state index is 13.5. The first-order valence-electron chi connectivity index (χ1n) is 9.82. The van der Waals surface area contributed by atoms with Crippen LogP contribution in [0.25, 0.3) is 5.69 Å². The number of carbonyl (C=O) groups is 1. The molecule has 4 rings (SSSR count). The SMILES string of the molecule is Cc1cc(Nc2ncn(-c3cc(F)cc(F)c3)n2)cc(N2CCN(CC(=O)O)CC2)c1. The molecule has 1 aromatic heterocycles. The highest BCUT2D eigenvalue weighted by Crippen LogP contribution is 2.25. The second-order valence-corrected chi connectivity index (χ2v) is 7.48. The molecular weight excluding hydrogens is 406 g/mol. The normalized spacial score (nSPS) is 14.6. The molecule has 2 N–H and O–H groups in total. The van der Waals surface area contributed by atoms with E-state index in [1.54, 1.807) is 0 Å². The summed E-state index contributed by atoms with van der Waals surface area (Å²) >= 11 is 0. The lowest BCUT2D eigenvalue weighted by molar-refractivity contribution is -0.138. The second-order valence-electron chi connectivity index (χ2n) is 7.48. The average Bonchev–Trinajstić information content (AvgIpc) is 3.15. The summed E-state index contributed by atoms with van der Waals surface area (Å²) in [5.74, 6) is -1.89. The van der Waals surface area contributed by atoms with Crippen LogP contribution in [-0.2, 0) is 4.79 Å². The summed E-state index contributed by atoms with van der Waals surface area (Å²) in [6.45, 7) is 4.86. The lowest BCUT2D eigenvalue weighted by atomic mass is 10.1. The van der Waals surface area contributed by atoms with Crippen molar-refractivity contribution in [1.82, 2.24) is 19.7 Å². The number of aryl methyl sites for hydroxylation is 1. The van der Waals surface area contributed by atoms with Crippen molar-refractivity contribution in [3.8, 4) is 5.69 Å². The number of piperazine rings is 1. The molecule has 31 heavy (non-hydrogen) atoms. The van der Waals surface area contributed by atoms with Crippen LogP contribution in [0.3, 0.4) is 0 Å². The van der Waals surface area contributed by atoms with Gasteiger partial charge in [-0.2, -0.15) is 4.98 Å². The van der Waals surface area contributed by atoms with Crippen molar-refractivity contribution in [2.24, 2.45) is 0 Å². The highest BCUT2D eigenvalue weighted by molar-refractivity contribution is 5.69. The first-order chi connectivity index (χ1) is 14.9. The second kappa shape index (κ2) is 8.68. The number of hydrogen-bond donors (Lipinski definition) is 2. The molecule has 1 aliphatic heterocycles. The highest BCUT2D eigenvalue weighted by atomic mass is 19.1. The third-order valence-corrected chi connectivity index (χ3v) is 5.02. The van der Waals surface area contributed by atoms with Crippen molar-refractivity contribution in [1.29, 1.82) is 0 Å². The smallest absolute Gasteiger partial charge is 0.317 e. The molecule has 0 saturated carbocycles. The van der Waals surface area contributed by atoms with Gasteiger partial charge in [-0.15, -0.1) is 5.10 Å². The Hall–Kier alpha value is -3.53. The summed E-state index contributed by atoms with van der Waals surface area (Å²) in [4.78, 5) is 19.2. The number of carboxylic acids is 1. The van der Waals surface area contributed by atoms with Crippen LogP contribution >= 0.6 is 0 Å². The van der Waals surface area contributed by atoms with E-state index >= 15 is 0 Å². The third-order valence-electron chi connectivity index (χ3n) is 5.02. The Morgan fingerprint density at radius 2 is 1.74 bits per heavy atom. The van der Waals surface area contributed by atoms with Crippen LogP contribution in [0, 0.1) is 18.6 Å². The van der Waals surface area contributed by atoms with E-state index in [0.717, 1.165) is 36.1 Å². The van der Waals surface area contributed by atoms with Gasteiger partial charge in [-0.25, -0.2) is 13.5 Å². The number of rotatable bonds is 6. The van der Waals surface area contributed by atoms with Gasteiger partial charge in [0.25, 0.3) is 0 Å². The number of aliphatic carboxylic acids is 1. The van der Waals surface area contributed by atoms with Crippen LogP contribution < -0.4 is 10.2 Å². The van der Waals surface area contributed by atoms with Crippen LogP contribution in [-0.4, -0.2) is 63.5 Å². The molecule has 1 aliphatic rings. The summed E-state index contributed by atoms with van der Waals surface area (Å²) < 4.78 is 28.2. The molecule has 8 nitrogen and oxygen atoms in total. The van der Waals surface area contributed by atoms with Gasteiger partial charge >= 0.3 is 5.97 Å². The first-order valence-corrected chi connectivity index (χ1v) is 9.82. The zero-order chi connectivity index (χ0) is 22.0. The number of anilines is 3. The van der Waals surface area contributed by atoms with Gasteiger partial charge in [0, 0.05) is 43.6 Å². The first kappa shape index (κ1) is 20.7. The molecule has 0 amide bonds. The Labute approximate surface area is 177 Å². The Morgan fingerprint density at radius 3 is 2.42 bits per heavy atom. The van der Waals surface area contributed by atoms with Crippen molar-refractivity contribution in [3.05, 3.63) is 59.9 Å². The van der Waals surface area contributed by atoms with Crippen molar-refractivity contribution in [3.63, 3.8) is 0 Å². The molecule has 1 saturated heterocycles. The minimum atomic E-state index is -0.816. The molecule has 10 heteroatoms. The van der Waals surface area contributed by atoms with E-state index in [9.17, 15) is 13.6 Å². The maximum Gasteiger partial charge on any atom is 0.317 e. The van der Waals surface area contributed by atoms with Gasteiger partial charge in [0.05, 0.1) is 12.2 Å². The molecule has 0 radical (unpaired) electrons. The van der Waals surface area contributed by atoms with E-state index in [1.807, 2.05) is 24.0 Å². The lowest BCUT2D eigenvalue weighted by Gasteiger charge is -2.35. The predicted octanol–water partition coefficient (Wildman–Crippen LogP) is 2.80. The molecule has 0 spiro atoms. The largest absolute Gasteiger partial charge is 0.480 e. The minimum absolute atomic E-state index is 0.0536. The minimum Gasteiger partial charge on any atom is -0.480 e. The van der Waals surface area contributed by atoms with Crippen LogP contribution in [0.2, 0.25) is 0 Å². The topological polar surface area (TPSA) is 86.5 Å². The molecule has 0 unspecified atom stereocenters. The highest BCUT2D eigenvalue weighted by Gasteiger charge is 2.19. The number of benzene rings is 2. The molecule has 2 aromatic carbocycles. The average molecular weight is 428 g/mol. The van der Waals surface area contributed by atoms with Gasteiger partial charge in [0.15, 0.2) is 0 Å². The quantitative estimate of drug-likeness (QED) is 0.624. The van der Waals surface area contributed by atoms with E-state index in [1.165, 1.54) is 23.1 Å². The molecule has 0 atom stereocenters. The van der Waals surface area contributed by atoms with Gasteiger partial charge in [0.2, 0.25) is 5.95 Å². The summed E-state index contributed by atoms with van der Waals surface area (Å²) in [5.41, 5.74) is 3.08. The molecule has 1 fully saturated rings. The van der Waals surface area contributed by atoms with Crippen molar-refractivity contribution < 1.29 is 18.7 Å². The van der Waals surface area contributed by atoms with Crippen molar-refractivity contribution in [2.75, 3.05) is 42.9 Å². The summed E-state index contributed by atoms with van der Waals surface area (Å²) in [7, 11) is 0. The van der Waals surface area contributed by atoms with Gasteiger partial charge in [-0.3, -0.25) is 9.69 Å². The number of hydrogen-bond acceptors (Lipinski definition) is 6. The standard InChI is InChI=1S/C21H22F2N6O2/c1-14-6-17(11-18(7-14)28-4-2-27(3-5-28)12-20(30)31)25-21-24-13-29(26-21)19-9-15(22)8-16(23)10-19/h6-11,13H,2-5,12H2,1H3,(H,25,26)(H,30,31). The summed E-state index contributed by atoms with van der Waals surface area (Å²) in [5, 5.41) is 16.3. The summed E-state index contributed by atoms with van der Waals surface area (Å²) in [6.07, 6.45) is 1.38. The van der Waals surface area contributed by atoms with E-state index in [2.05, 4.69) is 26.4 Å². The van der Waals surface area contributed by atoms with Crippen LogP contribution in [0.1, 0.15) is 5.56 Å². The van der Waals surface area contributed by atoms with Crippen LogP contribution in [0.15, 0.2) is 42.7 Å². The van der Waals surface area contributed by atoms with Gasteiger partial charge in [-0.1, -0.05) is 0 Å². The van der Waals surface area contributed by atoms with Crippen molar-refractivity contribution in [2.45, 2.75) is 6.92 Å². The monoisotopic (exact) mass is 428 g/mol. The molecule has 0 aliphatic carbocycles. The lowest BCUT2D eigenvalue weighted by Crippen LogP contribution is -2.48. The fraction of sp³-hybridized carbons (Fsp3) is 0.286. The number of nitrogens with zero attached hydrogens (tertiary/aromatic N) is 5. The van der Waals surface area contributed by atoms with Gasteiger partial charge < -0.3 is 15.3 Å². The fourth-order valence-corrected chi connectivity index (χ4v) is 3.62. The zero-order valence-electron chi connectivity index (χ0n) is 16.9. The molecule has 2 heterocycles. The third kappa shape index (κ3) is 5.15. The van der Waals surface area contributed by atoms with Gasteiger partial charge in [0.1, 0.15) is 18.0 Å². The Balaban J connectivity index is 1.47. The van der Waals surface area contributed by atoms with Gasteiger partial charge in [-0.05, 0) is 42.8 Å². The molecular formula is C21H22F2N6O2. The number of carboxylic acid groups (broad SMARTS) is 1. The van der Waals surface area contributed by atoms with Crippen LogP contribution in [0.4, 0.5) is 26.1 Å². The molecule has 162 valence electrons. The summed E-state index contributed by atoms with van der Waals surface area (Å²) in [6, 6.07) is 9.15. The Morgan fingerprint density at radius 1 is 1.03 bits per heavy atom. The van der Waals surface area contributed by atoms with E-state index in [0.29, 0.717) is 19.0 Å². The van der Waals surface area contributed by atoms with E-state index in [-0.39, 0.29) is 12.2 Å². The number of halogens is 2. The Bertz CT molecular complexity index is 1070. The van der Waals surface area contributed by atoms with E-state index in [4.69, 9.17) is 5.11 Å². The number of nitrogens with one attached hydrogen (secondary N) is 1. The van der Waals surface area contributed by atoms with E-state index < -0.39 is 17.6 Å². The Kier molecular flexibility index (Phi) is 5.81. The predicted molar refractivity (Wildman–Crippen MR) is 112 cm³/mol. The molecule has 3 aromatic rings. The zero-order valence-corrected chi connectivity index (χ0v) is 16.9.